The van der Waals surface area contributed by atoms with Crippen molar-refractivity contribution < 1.29 is 60.1 Å². The number of nitrogens with zero attached hydrogens (tertiary/aromatic N) is 10. The molecule has 10 aromatic rings. The smallest absolute Gasteiger partial charge is 0.243 e. The number of hydrogen-bond donors (Lipinski definition) is 0. The maximum absolute atomic E-state index is 5.82. The molecule has 8 heterocycles. The van der Waals surface area contributed by atoms with E-state index in [1.165, 1.54) is 0 Å². The van der Waals surface area contributed by atoms with Gasteiger partial charge in [0.05, 0.1) is 38.0 Å². The van der Waals surface area contributed by atoms with Gasteiger partial charge in [-0.1, -0.05) is 69.9 Å². The third-order valence-electron chi connectivity index (χ3n) is 8.27. The monoisotopic (exact) mass is 1020 g/mol. The maximum atomic E-state index is 5.82. The number of aryl methyl sites for hydroxylation is 4. The SMILES string of the molecule is Cn1[c-]nc(-c2cccc3c2[n-]c2c(-n4[c-][n+](C)cc4)coc23)c1.Cn1[c-]nc(-c2cccc3c2[n-]c2c(-n4[c-][n+](C)cc4)coc23)c1.[Pt].[Pt]. The van der Waals surface area contributed by atoms with E-state index in [-0.39, 0.29) is 42.1 Å². The van der Waals surface area contributed by atoms with E-state index >= 15 is 0 Å². The molecule has 0 aliphatic rings. The van der Waals surface area contributed by atoms with E-state index in [1.807, 2.05) is 120 Å². The molecule has 0 atom stereocenters. The summed E-state index contributed by atoms with van der Waals surface area (Å²) in [4.78, 5) is 18.3. The van der Waals surface area contributed by atoms with Gasteiger partial charge in [-0.3, -0.25) is 0 Å². The second-order valence-corrected chi connectivity index (χ2v) is 11.7. The fraction of sp³-hybridized carbons (Fsp3) is 0.111. The Balaban J connectivity index is 0.000000151. The van der Waals surface area contributed by atoms with Crippen LogP contribution in [0.2, 0.25) is 0 Å². The normalized spacial score (nSPS) is 11.3. The van der Waals surface area contributed by atoms with Crippen molar-refractivity contribution in [2.45, 2.75) is 0 Å². The largest absolute Gasteiger partial charge is 0.659 e. The van der Waals surface area contributed by atoms with Crippen LogP contribution in [-0.2, 0) is 70.3 Å². The average Bonchev–Trinajstić information content (AvgIpc) is 3.91. The Hall–Kier alpha value is -5.18. The molecule has 2 aromatic carbocycles. The molecule has 0 radical (unpaired) electrons. The van der Waals surface area contributed by atoms with Gasteiger partial charge < -0.3 is 56.2 Å². The minimum atomic E-state index is 0. The number of hydrogen-bond acceptors (Lipinski definition) is 4. The van der Waals surface area contributed by atoms with Gasteiger partial charge in [0, 0.05) is 90.3 Å². The summed E-state index contributed by atoms with van der Waals surface area (Å²) in [6, 6.07) is 12.1. The summed E-state index contributed by atoms with van der Waals surface area (Å²) in [5, 5.41) is 1.96. The number of para-hydroxylation sites is 2. The molecule has 0 amide bonds. The summed E-state index contributed by atoms with van der Waals surface area (Å²) < 4.78 is 22.7. The molecule has 14 heteroatoms. The Morgan fingerprint density at radius 1 is 0.640 bits per heavy atom. The fourth-order valence-corrected chi connectivity index (χ4v) is 6.04. The van der Waals surface area contributed by atoms with Crippen LogP contribution in [0.4, 0.5) is 0 Å². The van der Waals surface area contributed by atoms with Crippen LogP contribution in [0.3, 0.4) is 0 Å². The minimum Gasteiger partial charge on any atom is -0.659 e. The fourth-order valence-electron chi connectivity index (χ4n) is 6.04. The zero-order valence-electron chi connectivity index (χ0n) is 27.0. The maximum Gasteiger partial charge on any atom is 0.243 e. The van der Waals surface area contributed by atoms with E-state index in [0.29, 0.717) is 0 Å². The summed E-state index contributed by atoms with van der Waals surface area (Å²) in [5.41, 5.74) is 10.4. The van der Waals surface area contributed by atoms with Crippen molar-refractivity contribution in [2.75, 3.05) is 0 Å². The van der Waals surface area contributed by atoms with Crippen molar-refractivity contribution in [2.24, 2.45) is 28.2 Å². The van der Waals surface area contributed by atoms with Crippen LogP contribution in [0.25, 0.3) is 77.9 Å². The van der Waals surface area contributed by atoms with Crippen LogP contribution in [0.1, 0.15) is 0 Å². The van der Waals surface area contributed by atoms with Crippen molar-refractivity contribution in [1.82, 2.24) is 38.2 Å². The van der Waals surface area contributed by atoms with Gasteiger partial charge in [0.2, 0.25) is 12.7 Å². The van der Waals surface area contributed by atoms with Crippen LogP contribution in [0.15, 0.2) is 94.9 Å². The predicted octanol–water partition coefficient (Wildman–Crippen LogP) is 4.31. The molecule has 10 rings (SSSR count). The molecule has 12 nitrogen and oxygen atoms in total. The van der Waals surface area contributed by atoms with E-state index in [1.54, 1.807) is 21.7 Å². The Morgan fingerprint density at radius 3 is 1.44 bits per heavy atom. The first kappa shape index (κ1) is 33.3. The first-order valence-electron chi connectivity index (χ1n) is 15.1. The molecule has 0 unspecified atom stereocenters. The van der Waals surface area contributed by atoms with E-state index in [4.69, 9.17) is 18.8 Å². The zero-order valence-corrected chi connectivity index (χ0v) is 31.5. The van der Waals surface area contributed by atoms with Gasteiger partial charge in [-0.05, 0) is 14.1 Å². The van der Waals surface area contributed by atoms with Gasteiger partial charge >= 0.3 is 0 Å². The first-order valence-corrected chi connectivity index (χ1v) is 15.1. The van der Waals surface area contributed by atoms with Crippen LogP contribution in [-0.4, -0.2) is 28.2 Å². The van der Waals surface area contributed by atoms with E-state index in [2.05, 4.69) is 35.3 Å². The summed E-state index contributed by atoms with van der Waals surface area (Å²) in [6.45, 7) is 0. The van der Waals surface area contributed by atoms with Crippen molar-refractivity contribution in [3.05, 3.63) is 111 Å². The Morgan fingerprint density at radius 2 is 1.08 bits per heavy atom. The number of fused-ring (bicyclic) bond motifs is 6. The summed E-state index contributed by atoms with van der Waals surface area (Å²) in [7, 11) is 7.67. The molecule has 50 heavy (non-hydrogen) atoms. The van der Waals surface area contributed by atoms with Gasteiger partial charge in [-0.2, -0.15) is 0 Å². The van der Waals surface area contributed by atoms with Crippen molar-refractivity contribution in [1.29, 1.82) is 0 Å². The average molecular weight is 1020 g/mol. The standard InChI is InChI=1S/2C18H13N5O.2Pt/c2*1-21-6-7-23(11-21)15-9-24-18-13-5-3-4-12(16(13)20-17(15)18)14-8-22(2)10-19-14;;/h2*3-9H,1-2H3;;/q2*-2;;. The number of aromatic nitrogens is 10. The number of benzene rings is 2. The van der Waals surface area contributed by atoms with Gasteiger partial charge in [-0.25, -0.2) is 0 Å². The van der Waals surface area contributed by atoms with Crippen molar-refractivity contribution in [3.8, 4) is 33.9 Å². The van der Waals surface area contributed by atoms with E-state index in [0.717, 1.165) is 77.9 Å². The second-order valence-electron chi connectivity index (χ2n) is 11.7. The van der Waals surface area contributed by atoms with E-state index in [9.17, 15) is 0 Å². The van der Waals surface area contributed by atoms with Crippen LogP contribution in [0, 0.1) is 25.3 Å². The molecule has 0 aliphatic carbocycles. The molecule has 0 spiro atoms. The van der Waals surface area contributed by atoms with Crippen molar-refractivity contribution >= 4 is 44.0 Å². The third-order valence-corrected chi connectivity index (χ3v) is 8.27. The molecule has 8 aromatic heterocycles. The molecular formula is C36H26N10O2Pt2-4. The number of imidazole rings is 4. The summed E-state index contributed by atoms with van der Waals surface area (Å²) in [5.74, 6) is 0. The summed E-state index contributed by atoms with van der Waals surface area (Å²) in [6.07, 6.45) is 27.2. The van der Waals surface area contributed by atoms with Crippen molar-refractivity contribution in [3.63, 3.8) is 0 Å². The molecule has 0 N–H and O–H groups in total. The molecule has 0 saturated carbocycles. The Labute approximate surface area is 314 Å². The van der Waals surface area contributed by atoms with Crippen LogP contribution >= 0.6 is 0 Å². The van der Waals surface area contributed by atoms with Crippen LogP contribution < -0.4 is 19.1 Å². The second kappa shape index (κ2) is 12.9. The van der Waals surface area contributed by atoms with Gasteiger partial charge in [-0.15, -0.1) is 23.4 Å². The zero-order chi connectivity index (χ0) is 32.5. The Bertz CT molecular complexity index is 2570. The summed E-state index contributed by atoms with van der Waals surface area (Å²) >= 11 is 0. The molecular weight excluding hydrogens is 995 g/mol. The number of rotatable bonds is 4. The quantitative estimate of drug-likeness (QED) is 0.192. The number of furan rings is 2. The van der Waals surface area contributed by atoms with Crippen LogP contribution in [0.5, 0.6) is 0 Å². The Kier molecular flexibility index (Phi) is 8.62. The van der Waals surface area contributed by atoms with Gasteiger partial charge in [0.25, 0.3) is 0 Å². The minimum absolute atomic E-state index is 0. The molecule has 0 fully saturated rings. The van der Waals surface area contributed by atoms with Gasteiger partial charge in [0.1, 0.15) is 11.2 Å². The topological polar surface area (TPSA) is 108 Å². The predicted molar refractivity (Wildman–Crippen MR) is 175 cm³/mol. The molecule has 256 valence electrons. The molecule has 0 aliphatic heterocycles. The first-order chi connectivity index (χ1) is 23.4. The third kappa shape index (κ3) is 5.49. The molecule has 0 bridgehead atoms. The van der Waals surface area contributed by atoms with Gasteiger partial charge in [0.15, 0.2) is 0 Å². The molecule has 0 saturated heterocycles. The van der Waals surface area contributed by atoms with E-state index < -0.39 is 0 Å².